The van der Waals surface area contributed by atoms with Crippen LogP contribution in [0.4, 0.5) is 0 Å². The Balaban J connectivity index is 1.11. The molecule has 2 heterocycles. The third kappa shape index (κ3) is 5.10. The van der Waals surface area contributed by atoms with Crippen LogP contribution in [-0.4, -0.2) is 86.2 Å². The molecule has 2 saturated heterocycles. The highest BCUT2D eigenvalue weighted by molar-refractivity contribution is 5.38. The van der Waals surface area contributed by atoms with Gasteiger partial charge in [-0.3, -0.25) is 0 Å². The summed E-state index contributed by atoms with van der Waals surface area (Å²) in [6, 6.07) is 8.59. The van der Waals surface area contributed by atoms with Crippen LogP contribution in [0, 0.1) is 22.7 Å². The molecule has 0 spiro atoms. The van der Waals surface area contributed by atoms with E-state index < -0.39 is 11.2 Å². The second-order valence-electron chi connectivity index (χ2n) is 15.6. The molecule has 1 aromatic carbocycles. The highest BCUT2D eigenvalue weighted by Gasteiger charge is 2.72. The Bertz CT molecular complexity index is 1180. The monoisotopic (exact) mass is 606 g/mol. The van der Waals surface area contributed by atoms with Gasteiger partial charge in [0.05, 0.1) is 32.0 Å². The van der Waals surface area contributed by atoms with Gasteiger partial charge in [0, 0.05) is 18.5 Å². The van der Waals surface area contributed by atoms with Gasteiger partial charge in [-0.1, -0.05) is 37.6 Å². The maximum Gasteiger partial charge on any atom is 0.118 e. The second kappa shape index (κ2) is 12.3. The molecular formula is C38H58N2O4. The minimum Gasteiger partial charge on any atom is -0.497 e. The maximum absolute atomic E-state index is 13.1. The van der Waals surface area contributed by atoms with Crippen LogP contribution in [0.5, 0.6) is 5.75 Å². The number of hydrogen-bond acceptors (Lipinski definition) is 6. The molecule has 5 fully saturated rings. The number of likely N-dealkylation sites (tertiary alicyclic amines) is 2. The van der Waals surface area contributed by atoms with Gasteiger partial charge in [0.2, 0.25) is 0 Å². The predicted molar refractivity (Wildman–Crippen MR) is 175 cm³/mol. The molecule has 7 rings (SSSR count). The van der Waals surface area contributed by atoms with E-state index in [4.69, 9.17) is 14.2 Å². The first kappa shape index (κ1) is 31.2. The fourth-order valence-electron chi connectivity index (χ4n) is 11.1. The van der Waals surface area contributed by atoms with E-state index in [9.17, 15) is 5.11 Å². The number of aliphatic hydroxyl groups is 1. The molecule has 0 amide bonds. The van der Waals surface area contributed by atoms with Gasteiger partial charge in [-0.2, -0.15) is 0 Å². The van der Waals surface area contributed by atoms with E-state index in [2.05, 4.69) is 54.0 Å². The van der Waals surface area contributed by atoms with Crippen molar-refractivity contribution in [2.75, 3.05) is 59.6 Å². The zero-order valence-corrected chi connectivity index (χ0v) is 27.8. The number of benzene rings is 1. The standard InChI is InChI=1S/C38H58N2O4/c1-35-16-14-32(43-26-24-39-20-4-5-21-39)28-30(35)10-13-34-33(35)15-17-36(2)37(34,41)18-19-38(36,29-8-11-31(42-3)12-9-29)44-27-25-40-22-6-7-23-40/h8-9,11-12,28,32-34,41H,4-7,10,13-27H2,1-3H3/t32?,33-,34-,35+,36+,37-,38?/m1/s1. The smallest absolute Gasteiger partial charge is 0.118 e. The van der Waals surface area contributed by atoms with Gasteiger partial charge < -0.3 is 29.1 Å². The van der Waals surface area contributed by atoms with Gasteiger partial charge in [-0.25, -0.2) is 0 Å². The average Bonchev–Trinajstić information content (AvgIpc) is 3.80. The van der Waals surface area contributed by atoms with Crippen molar-refractivity contribution >= 4 is 0 Å². The number of hydrogen-bond donors (Lipinski definition) is 1. The van der Waals surface area contributed by atoms with Gasteiger partial charge in [-0.05, 0) is 138 Å². The van der Waals surface area contributed by atoms with Gasteiger partial charge in [0.1, 0.15) is 11.4 Å². The number of fused-ring (bicyclic) bond motifs is 5. The summed E-state index contributed by atoms with van der Waals surface area (Å²) in [4.78, 5) is 5.10. The summed E-state index contributed by atoms with van der Waals surface area (Å²) in [6.45, 7) is 13.4. The maximum atomic E-state index is 13.1. The molecule has 6 aliphatic rings. The summed E-state index contributed by atoms with van der Waals surface area (Å²) in [7, 11) is 1.73. The van der Waals surface area contributed by atoms with E-state index >= 15 is 0 Å². The van der Waals surface area contributed by atoms with Crippen molar-refractivity contribution in [3.05, 3.63) is 41.5 Å². The zero-order valence-electron chi connectivity index (χ0n) is 27.8. The molecule has 4 aliphatic carbocycles. The van der Waals surface area contributed by atoms with Crippen molar-refractivity contribution < 1.29 is 19.3 Å². The molecular weight excluding hydrogens is 548 g/mol. The molecule has 1 N–H and O–H groups in total. The number of allylic oxidation sites excluding steroid dienone is 1. The van der Waals surface area contributed by atoms with Crippen LogP contribution in [-0.2, 0) is 15.1 Å². The number of rotatable bonds is 10. The van der Waals surface area contributed by atoms with Crippen LogP contribution >= 0.6 is 0 Å². The minimum absolute atomic E-state index is 0.163. The van der Waals surface area contributed by atoms with Gasteiger partial charge in [0.15, 0.2) is 0 Å². The summed E-state index contributed by atoms with van der Waals surface area (Å²) < 4.78 is 19.2. The highest BCUT2D eigenvalue weighted by Crippen LogP contribution is 2.72. The Morgan fingerprint density at radius 1 is 0.795 bits per heavy atom. The molecule has 0 radical (unpaired) electrons. The quantitative estimate of drug-likeness (QED) is 0.305. The topological polar surface area (TPSA) is 54.4 Å². The predicted octanol–water partition coefficient (Wildman–Crippen LogP) is 6.56. The lowest BCUT2D eigenvalue weighted by Crippen LogP contribution is -2.64. The Hall–Kier alpha value is -1.44. The van der Waals surface area contributed by atoms with Crippen LogP contribution in [0.15, 0.2) is 35.9 Å². The first-order valence-corrected chi connectivity index (χ1v) is 18.1. The fraction of sp³-hybridized carbons (Fsp3) is 0.789. The van der Waals surface area contributed by atoms with Crippen molar-refractivity contribution in [1.29, 1.82) is 0 Å². The van der Waals surface area contributed by atoms with Gasteiger partial charge >= 0.3 is 0 Å². The molecule has 44 heavy (non-hydrogen) atoms. The zero-order chi connectivity index (χ0) is 30.4. The van der Waals surface area contributed by atoms with E-state index in [0.717, 1.165) is 77.0 Å². The summed E-state index contributed by atoms with van der Waals surface area (Å²) in [5, 5.41) is 13.1. The van der Waals surface area contributed by atoms with E-state index in [1.54, 1.807) is 12.7 Å². The van der Waals surface area contributed by atoms with E-state index in [1.165, 1.54) is 63.8 Å². The molecule has 0 bridgehead atoms. The summed E-state index contributed by atoms with van der Waals surface area (Å²) in [6.07, 6.45) is 16.3. The van der Waals surface area contributed by atoms with Crippen LogP contribution in [0.25, 0.3) is 0 Å². The number of ether oxygens (including phenoxy) is 3. The third-order valence-corrected chi connectivity index (χ3v) is 13.8. The lowest BCUT2D eigenvalue weighted by Gasteiger charge is -2.63. The van der Waals surface area contributed by atoms with Crippen LogP contribution < -0.4 is 4.74 Å². The molecule has 7 atom stereocenters. The fourth-order valence-corrected chi connectivity index (χ4v) is 11.1. The van der Waals surface area contributed by atoms with Crippen molar-refractivity contribution in [3.63, 3.8) is 0 Å². The van der Waals surface area contributed by atoms with Crippen molar-refractivity contribution in [2.45, 2.75) is 108 Å². The lowest BCUT2D eigenvalue weighted by atomic mass is 9.44. The van der Waals surface area contributed by atoms with Gasteiger partial charge in [0.25, 0.3) is 0 Å². The van der Waals surface area contributed by atoms with Crippen LogP contribution in [0.1, 0.15) is 96.5 Å². The lowest BCUT2D eigenvalue weighted by molar-refractivity contribution is -0.236. The van der Waals surface area contributed by atoms with Crippen molar-refractivity contribution in [2.24, 2.45) is 22.7 Å². The van der Waals surface area contributed by atoms with Crippen LogP contribution in [0.2, 0.25) is 0 Å². The first-order chi connectivity index (χ1) is 21.3. The third-order valence-electron chi connectivity index (χ3n) is 13.8. The molecule has 244 valence electrons. The van der Waals surface area contributed by atoms with Crippen molar-refractivity contribution in [3.8, 4) is 5.75 Å². The summed E-state index contributed by atoms with van der Waals surface area (Å²) >= 11 is 0. The minimum atomic E-state index is -0.735. The molecule has 6 heteroatoms. The summed E-state index contributed by atoms with van der Waals surface area (Å²) in [5.41, 5.74) is 1.43. The Kier molecular flexibility index (Phi) is 8.71. The molecule has 6 nitrogen and oxygen atoms in total. The van der Waals surface area contributed by atoms with Crippen molar-refractivity contribution in [1.82, 2.24) is 9.80 Å². The Labute approximate surface area is 266 Å². The Morgan fingerprint density at radius 3 is 2.16 bits per heavy atom. The average molecular weight is 607 g/mol. The first-order valence-electron chi connectivity index (χ1n) is 18.1. The molecule has 2 aliphatic heterocycles. The highest BCUT2D eigenvalue weighted by atomic mass is 16.5. The number of nitrogens with zero attached hydrogens (tertiary/aromatic N) is 2. The Morgan fingerprint density at radius 2 is 1.48 bits per heavy atom. The van der Waals surface area contributed by atoms with E-state index in [-0.39, 0.29) is 16.9 Å². The normalized spacial score (nSPS) is 40.8. The van der Waals surface area contributed by atoms with E-state index in [1.807, 2.05) is 0 Å². The molecule has 3 saturated carbocycles. The summed E-state index contributed by atoms with van der Waals surface area (Å²) in [5.74, 6) is 1.69. The second-order valence-corrected chi connectivity index (χ2v) is 15.6. The molecule has 1 aromatic rings. The van der Waals surface area contributed by atoms with Crippen LogP contribution in [0.3, 0.4) is 0 Å². The SMILES string of the molecule is COc1ccc(C2(OCCN3CCCC3)CC[C@@]3(O)[C@@H]4CCC5=CC(OCCN6CCCC6)CC[C@]5(C)[C@@H]4CC[C@]23C)cc1. The van der Waals surface area contributed by atoms with E-state index in [0.29, 0.717) is 11.8 Å². The number of methoxy groups -OCH3 is 1. The molecule has 2 unspecified atom stereocenters. The largest absolute Gasteiger partial charge is 0.497 e. The molecule has 0 aromatic heterocycles. The van der Waals surface area contributed by atoms with Gasteiger partial charge in [-0.15, -0.1) is 0 Å².